The number of thioether (sulfide) groups is 1. The van der Waals surface area contributed by atoms with Gasteiger partial charge in [-0.15, -0.1) is 11.8 Å². The van der Waals surface area contributed by atoms with Crippen molar-refractivity contribution in [2.75, 3.05) is 0 Å². The summed E-state index contributed by atoms with van der Waals surface area (Å²) < 4.78 is 26.6. The molecule has 0 heterocycles. The Labute approximate surface area is 120 Å². The normalized spacial score (nSPS) is 12.1. The van der Waals surface area contributed by atoms with Crippen molar-refractivity contribution in [2.24, 2.45) is 5.73 Å². The van der Waals surface area contributed by atoms with Crippen LogP contribution in [0.2, 0.25) is 0 Å². The minimum atomic E-state index is -0.602. The van der Waals surface area contributed by atoms with Gasteiger partial charge in [-0.25, -0.2) is 8.78 Å². The quantitative estimate of drug-likeness (QED) is 0.494. The topological polar surface area (TPSA) is 49.9 Å². The molecule has 0 saturated heterocycles. The Hall–Kier alpha value is -1.88. The van der Waals surface area contributed by atoms with Crippen molar-refractivity contribution in [2.45, 2.75) is 16.6 Å². The van der Waals surface area contributed by atoms with Crippen molar-refractivity contribution in [3.63, 3.8) is 0 Å². The summed E-state index contributed by atoms with van der Waals surface area (Å²) in [6, 6.07) is 12.9. The van der Waals surface area contributed by atoms with E-state index in [1.807, 2.05) is 30.3 Å². The third-order valence-electron chi connectivity index (χ3n) is 2.74. The van der Waals surface area contributed by atoms with Gasteiger partial charge in [-0.3, -0.25) is 5.41 Å². The summed E-state index contributed by atoms with van der Waals surface area (Å²) in [6.45, 7) is 0. The van der Waals surface area contributed by atoms with Crippen LogP contribution in [0.15, 0.2) is 53.4 Å². The van der Waals surface area contributed by atoms with E-state index in [0.717, 1.165) is 11.6 Å². The van der Waals surface area contributed by atoms with Crippen LogP contribution in [0, 0.1) is 17.0 Å². The van der Waals surface area contributed by atoms with E-state index in [4.69, 9.17) is 11.1 Å². The standard InChI is InChI=1S/C15H14F2N2S/c16-11-6-7-13(12(17)8-11)20-14(9-15(18)19)10-4-2-1-3-5-10/h1-8,14H,9H2,(H3,18,19). The van der Waals surface area contributed by atoms with Gasteiger partial charge in [-0.05, 0) is 17.7 Å². The van der Waals surface area contributed by atoms with Gasteiger partial charge in [0.1, 0.15) is 11.6 Å². The highest BCUT2D eigenvalue weighted by Gasteiger charge is 2.16. The molecule has 2 rings (SSSR count). The molecule has 1 atom stereocenters. The number of hydrogen-bond acceptors (Lipinski definition) is 2. The summed E-state index contributed by atoms with van der Waals surface area (Å²) in [5.74, 6) is -1.16. The fraction of sp³-hybridized carbons (Fsp3) is 0.133. The number of benzene rings is 2. The van der Waals surface area contributed by atoms with Crippen LogP contribution in [0.5, 0.6) is 0 Å². The highest BCUT2D eigenvalue weighted by Crippen LogP contribution is 2.38. The second-order valence-corrected chi connectivity index (χ2v) is 5.57. The van der Waals surface area contributed by atoms with E-state index in [2.05, 4.69) is 0 Å². The van der Waals surface area contributed by atoms with Crippen LogP contribution >= 0.6 is 11.8 Å². The molecule has 104 valence electrons. The van der Waals surface area contributed by atoms with Crippen LogP contribution in [0.3, 0.4) is 0 Å². The molecule has 0 saturated carbocycles. The summed E-state index contributed by atoms with van der Waals surface area (Å²) in [7, 11) is 0. The van der Waals surface area contributed by atoms with Gasteiger partial charge in [0.25, 0.3) is 0 Å². The molecule has 0 radical (unpaired) electrons. The molecule has 0 bridgehead atoms. The van der Waals surface area contributed by atoms with E-state index in [1.54, 1.807) is 0 Å². The first-order valence-corrected chi connectivity index (χ1v) is 6.94. The molecule has 0 aliphatic heterocycles. The van der Waals surface area contributed by atoms with Gasteiger partial charge in [0.15, 0.2) is 0 Å². The summed E-state index contributed by atoms with van der Waals surface area (Å²) in [5.41, 5.74) is 6.42. The van der Waals surface area contributed by atoms with Crippen molar-refractivity contribution < 1.29 is 8.78 Å². The number of halogens is 2. The zero-order valence-corrected chi connectivity index (χ0v) is 11.5. The van der Waals surface area contributed by atoms with Crippen molar-refractivity contribution >= 4 is 17.6 Å². The number of amidine groups is 1. The number of hydrogen-bond donors (Lipinski definition) is 2. The molecule has 20 heavy (non-hydrogen) atoms. The fourth-order valence-electron chi connectivity index (χ4n) is 1.82. The highest BCUT2D eigenvalue weighted by molar-refractivity contribution is 7.99. The van der Waals surface area contributed by atoms with Crippen LogP contribution in [0.25, 0.3) is 0 Å². The first-order valence-electron chi connectivity index (χ1n) is 6.06. The molecular formula is C15H14F2N2S. The van der Waals surface area contributed by atoms with Gasteiger partial charge in [0, 0.05) is 22.6 Å². The lowest BCUT2D eigenvalue weighted by Crippen LogP contribution is -2.13. The Morgan fingerprint density at radius 3 is 2.45 bits per heavy atom. The van der Waals surface area contributed by atoms with Gasteiger partial charge in [-0.1, -0.05) is 30.3 Å². The Balaban J connectivity index is 2.26. The molecule has 5 heteroatoms. The first kappa shape index (κ1) is 14.5. The van der Waals surface area contributed by atoms with Gasteiger partial charge >= 0.3 is 0 Å². The van der Waals surface area contributed by atoms with Crippen molar-refractivity contribution in [1.29, 1.82) is 5.41 Å². The lowest BCUT2D eigenvalue weighted by molar-refractivity contribution is 0.565. The van der Waals surface area contributed by atoms with Crippen LogP contribution in [0.4, 0.5) is 8.78 Å². The maximum absolute atomic E-state index is 13.7. The minimum Gasteiger partial charge on any atom is -0.388 e. The molecule has 1 unspecified atom stereocenters. The molecule has 2 aromatic carbocycles. The minimum absolute atomic E-state index is 0.0360. The molecule has 0 aromatic heterocycles. The summed E-state index contributed by atoms with van der Waals surface area (Å²) in [4.78, 5) is 0.349. The molecule has 2 nitrogen and oxygen atoms in total. The van der Waals surface area contributed by atoms with Crippen LogP contribution < -0.4 is 5.73 Å². The lowest BCUT2D eigenvalue weighted by atomic mass is 10.1. The number of nitrogens with one attached hydrogen (secondary N) is 1. The van der Waals surface area contributed by atoms with E-state index < -0.39 is 11.6 Å². The van der Waals surface area contributed by atoms with Crippen molar-refractivity contribution in [3.8, 4) is 0 Å². The zero-order chi connectivity index (χ0) is 14.5. The Morgan fingerprint density at radius 2 is 1.85 bits per heavy atom. The third-order valence-corrected chi connectivity index (χ3v) is 4.05. The molecule has 0 fully saturated rings. The second kappa shape index (κ2) is 6.52. The fourth-order valence-corrected chi connectivity index (χ4v) is 3.00. The molecule has 0 aliphatic carbocycles. The smallest absolute Gasteiger partial charge is 0.139 e. The second-order valence-electron chi connectivity index (χ2n) is 4.32. The van der Waals surface area contributed by atoms with E-state index >= 15 is 0 Å². The Kier molecular flexibility index (Phi) is 4.74. The maximum Gasteiger partial charge on any atom is 0.139 e. The lowest BCUT2D eigenvalue weighted by Gasteiger charge is -2.16. The van der Waals surface area contributed by atoms with Crippen molar-refractivity contribution in [1.82, 2.24) is 0 Å². The van der Waals surface area contributed by atoms with E-state index in [0.29, 0.717) is 11.3 Å². The third kappa shape index (κ3) is 3.81. The first-order chi connectivity index (χ1) is 9.56. The average Bonchev–Trinajstić information content (AvgIpc) is 2.41. The van der Waals surface area contributed by atoms with Gasteiger partial charge < -0.3 is 5.73 Å². The predicted octanol–water partition coefficient (Wildman–Crippen LogP) is 4.12. The molecule has 0 spiro atoms. The summed E-state index contributed by atoms with van der Waals surface area (Å²) >= 11 is 1.24. The molecule has 0 amide bonds. The monoisotopic (exact) mass is 292 g/mol. The Morgan fingerprint density at radius 1 is 1.15 bits per heavy atom. The number of nitrogens with two attached hydrogens (primary N) is 1. The van der Waals surface area contributed by atoms with Crippen LogP contribution in [-0.4, -0.2) is 5.84 Å². The maximum atomic E-state index is 13.7. The highest BCUT2D eigenvalue weighted by atomic mass is 32.2. The molecular weight excluding hydrogens is 278 g/mol. The largest absolute Gasteiger partial charge is 0.388 e. The Bertz CT molecular complexity index is 602. The SMILES string of the molecule is N=C(N)CC(Sc1ccc(F)cc1F)c1ccccc1. The van der Waals surface area contributed by atoms with Gasteiger partial charge in [-0.2, -0.15) is 0 Å². The van der Waals surface area contributed by atoms with Gasteiger partial charge in [0.2, 0.25) is 0 Å². The molecule has 3 N–H and O–H groups in total. The molecule has 0 aliphatic rings. The molecule has 2 aromatic rings. The zero-order valence-electron chi connectivity index (χ0n) is 10.6. The summed E-state index contributed by atoms with van der Waals surface area (Å²) in [5, 5.41) is 7.27. The van der Waals surface area contributed by atoms with Crippen LogP contribution in [0.1, 0.15) is 17.2 Å². The van der Waals surface area contributed by atoms with E-state index in [-0.39, 0.29) is 11.1 Å². The predicted molar refractivity (Wildman–Crippen MR) is 77.9 cm³/mol. The van der Waals surface area contributed by atoms with Gasteiger partial charge in [0.05, 0.1) is 5.84 Å². The summed E-state index contributed by atoms with van der Waals surface area (Å²) in [6.07, 6.45) is 0.311. The van der Waals surface area contributed by atoms with Crippen molar-refractivity contribution in [3.05, 3.63) is 65.7 Å². The van der Waals surface area contributed by atoms with Crippen LogP contribution in [-0.2, 0) is 0 Å². The number of rotatable bonds is 5. The van der Waals surface area contributed by atoms with E-state index in [9.17, 15) is 8.78 Å². The average molecular weight is 292 g/mol. The van der Waals surface area contributed by atoms with E-state index in [1.165, 1.54) is 23.9 Å².